The summed E-state index contributed by atoms with van der Waals surface area (Å²) in [6.07, 6.45) is 7.89. The van der Waals surface area contributed by atoms with Gasteiger partial charge in [-0.3, -0.25) is 4.79 Å². The van der Waals surface area contributed by atoms with Crippen molar-refractivity contribution in [3.05, 3.63) is 29.3 Å². The number of nitrogens with one attached hydrogen (secondary N) is 1. The topological polar surface area (TPSA) is 38.3 Å². The summed E-state index contributed by atoms with van der Waals surface area (Å²) in [5.74, 6) is 2.41. The van der Waals surface area contributed by atoms with E-state index in [0.29, 0.717) is 11.8 Å². The van der Waals surface area contributed by atoms with Gasteiger partial charge in [0.05, 0.1) is 7.11 Å². The number of amides is 1. The van der Waals surface area contributed by atoms with Gasteiger partial charge in [0.1, 0.15) is 5.75 Å². The molecule has 0 bridgehead atoms. The van der Waals surface area contributed by atoms with Crippen LogP contribution in [-0.2, 0) is 11.2 Å². The van der Waals surface area contributed by atoms with Crippen LogP contribution in [-0.4, -0.2) is 19.6 Å². The maximum absolute atomic E-state index is 11.8. The lowest BCUT2D eigenvalue weighted by Gasteiger charge is -2.26. The molecule has 21 heavy (non-hydrogen) atoms. The van der Waals surface area contributed by atoms with E-state index in [-0.39, 0.29) is 5.91 Å². The lowest BCUT2D eigenvalue weighted by atomic mass is 9.81. The first-order valence-corrected chi connectivity index (χ1v) is 8.20. The monoisotopic (exact) mass is 287 g/mol. The molecule has 114 valence electrons. The fraction of sp³-hybridized carbons (Fsp3) is 0.611. The van der Waals surface area contributed by atoms with Gasteiger partial charge < -0.3 is 10.1 Å². The van der Waals surface area contributed by atoms with Crippen LogP contribution in [0.3, 0.4) is 0 Å². The molecule has 1 N–H and O–H groups in total. The normalized spacial score (nSPS) is 20.7. The molecule has 1 amide bonds. The van der Waals surface area contributed by atoms with Crippen LogP contribution >= 0.6 is 0 Å². The number of hydrogen-bond donors (Lipinski definition) is 1. The number of ether oxygens (including phenoxy) is 1. The molecule has 3 nitrogen and oxygen atoms in total. The maximum atomic E-state index is 11.8. The van der Waals surface area contributed by atoms with Crippen molar-refractivity contribution in [2.75, 3.05) is 13.7 Å². The van der Waals surface area contributed by atoms with Crippen molar-refractivity contribution in [3.63, 3.8) is 0 Å². The van der Waals surface area contributed by atoms with Gasteiger partial charge in [-0.1, -0.05) is 6.07 Å². The maximum Gasteiger partial charge on any atom is 0.220 e. The molecule has 0 aliphatic heterocycles. The van der Waals surface area contributed by atoms with Crippen LogP contribution in [0.15, 0.2) is 18.2 Å². The molecular formula is C18H25NO2. The van der Waals surface area contributed by atoms with Crippen molar-refractivity contribution in [2.24, 2.45) is 5.92 Å². The van der Waals surface area contributed by atoms with E-state index in [0.717, 1.165) is 25.1 Å². The Morgan fingerprint density at radius 1 is 1.33 bits per heavy atom. The summed E-state index contributed by atoms with van der Waals surface area (Å²) >= 11 is 0. The second-order valence-corrected chi connectivity index (χ2v) is 6.44. The summed E-state index contributed by atoms with van der Waals surface area (Å²) in [6.45, 7) is 0.798. The van der Waals surface area contributed by atoms with Gasteiger partial charge in [-0.2, -0.15) is 0 Å². The lowest BCUT2D eigenvalue weighted by Crippen LogP contribution is -2.26. The van der Waals surface area contributed by atoms with Crippen LogP contribution in [0, 0.1) is 5.92 Å². The number of carbonyl (C=O) groups excluding carboxylic acids is 1. The summed E-state index contributed by atoms with van der Waals surface area (Å²) in [5, 5.41) is 3.09. The van der Waals surface area contributed by atoms with Crippen molar-refractivity contribution >= 4 is 5.91 Å². The minimum absolute atomic E-state index is 0.235. The van der Waals surface area contributed by atoms with Crippen LogP contribution in [0.4, 0.5) is 0 Å². The van der Waals surface area contributed by atoms with Crippen LogP contribution in [0.25, 0.3) is 0 Å². The second-order valence-electron chi connectivity index (χ2n) is 6.44. The largest absolute Gasteiger partial charge is 0.497 e. The smallest absolute Gasteiger partial charge is 0.220 e. The third-order valence-corrected chi connectivity index (χ3v) is 4.78. The highest BCUT2D eigenvalue weighted by molar-refractivity contribution is 5.76. The summed E-state index contributed by atoms with van der Waals surface area (Å²) < 4.78 is 5.35. The minimum atomic E-state index is 0.235. The quantitative estimate of drug-likeness (QED) is 0.870. The van der Waals surface area contributed by atoms with Crippen molar-refractivity contribution in [2.45, 2.75) is 50.9 Å². The molecule has 2 aliphatic carbocycles. The highest BCUT2D eigenvalue weighted by Gasteiger charge is 2.25. The molecular weight excluding hydrogens is 262 g/mol. The molecule has 1 atom stereocenters. The Balaban J connectivity index is 1.55. The lowest BCUT2D eigenvalue weighted by molar-refractivity contribution is -0.121. The average molecular weight is 287 g/mol. The Kier molecular flexibility index (Phi) is 4.47. The Hall–Kier alpha value is -1.51. The van der Waals surface area contributed by atoms with Gasteiger partial charge in [0.15, 0.2) is 0 Å². The molecule has 0 radical (unpaired) electrons. The molecule has 0 aromatic heterocycles. The predicted molar refractivity (Wildman–Crippen MR) is 83.6 cm³/mol. The second kappa shape index (κ2) is 6.50. The highest BCUT2D eigenvalue weighted by Crippen LogP contribution is 2.36. The minimum Gasteiger partial charge on any atom is -0.497 e. The molecule has 1 saturated carbocycles. The molecule has 3 rings (SSSR count). The van der Waals surface area contributed by atoms with E-state index < -0.39 is 0 Å². The zero-order chi connectivity index (χ0) is 14.7. The predicted octanol–water partition coefficient (Wildman–Crippen LogP) is 3.42. The molecule has 0 spiro atoms. The SMILES string of the molecule is COc1ccc2c(c1)C(CCNC(=O)CC1CC1)CCC2. The van der Waals surface area contributed by atoms with Crippen LogP contribution in [0.2, 0.25) is 0 Å². The van der Waals surface area contributed by atoms with E-state index in [9.17, 15) is 4.79 Å². The highest BCUT2D eigenvalue weighted by atomic mass is 16.5. The Labute approximate surface area is 127 Å². The van der Waals surface area contributed by atoms with E-state index in [1.807, 2.05) is 0 Å². The number of aryl methyl sites for hydroxylation is 1. The third kappa shape index (κ3) is 3.78. The first-order valence-electron chi connectivity index (χ1n) is 8.20. The molecule has 1 unspecified atom stereocenters. The zero-order valence-corrected chi connectivity index (χ0v) is 12.9. The van der Waals surface area contributed by atoms with Crippen LogP contribution < -0.4 is 10.1 Å². The van der Waals surface area contributed by atoms with Crippen LogP contribution in [0.1, 0.15) is 55.6 Å². The Morgan fingerprint density at radius 2 is 2.19 bits per heavy atom. The number of benzene rings is 1. The van der Waals surface area contributed by atoms with Gasteiger partial charge in [-0.25, -0.2) is 0 Å². The summed E-state index contributed by atoms with van der Waals surface area (Å²) in [4.78, 5) is 11.8. The van der Waals surface area contributed by atoms with E-state index in [1.165, 1.54) is 43.2 Å². The number of carbonyl (C=O) groups is 1. The number of rotatable bonds is 6. The van der Waals surface area contributed by atoms with Crippen molar-refractivity contribution < 1.29 is 9.53 Å². The Bertz CT molecular complexity index is 508. The first-order chi connectivity index (χ1) is 10.3. The fourth-order valence-corrected chi connectivity index (χ4v) is 3.34. The van der Waals surface area contributed by atoms with Gasteiger partial charge in [-0.15, -0.1) is 0 Å². The van der Waals surface area contributed by atoms with Crippen molar-refractivity contribution in [3.8, 4) is 5.75 Å². The summed E-state index contributed by atoms with van der Waals surface area (Å²) in [7, 11) is 1.72. The van der Waals surface area contributed by atoms with E-state index in [2.05, 4.69) is 23.5 Å². The standard InChI is InChI=1S/C18H25NO2/c1-21-16-8-7-14-3-2-4-15(17(14)12-16)9-10-19-18(20)11-13-5-6-13/h7-8,12-13,15H,2-6,9-11H2,1H3,(H,19,20). The fourth-order valence-electron chi connectivity index (χ4n) is 3.34. The number of hydrogen-bond acceptors (Lipinski definition) is 2. The van der Waals surface area contributed by atoms with Crippen LogP contribution in [0.5, 0.6) is 5.75 Å². The van der Waals surface area contributed by atoms with Gasteiger partial charge in [0.2, 0.25) is 5.91 Å². The average Bonchev–Trinajstić information content (AvgIpc) is 3.31. The first kappa shape index (κ1) is 14.4. The Morgan fingerprint density at radius 3 is 2.95 bits per heavy atom. The molecule has 1 aromatic carbocycles. The van der Waals surface area contributed by atoms with Crippen molar-refractivity contribution in [1.82, 2.24) is 5.32 Å². The molecule has 0 saturated heterocycles. The van der Waals surface area contributed by atoms with Gasteiger partial charge in [0.25, 0.3) is 0 Å². The number of fused-ring (bicyclic) bond motifs is 1. The van der Waals surface area contributed by atoms with Gasteiger partial charge in [0, 0.05) is 13.0 Å². The third-order valence-electron chi connectivity index (χ3n) is 4.78. The molecule has 0 heterocycles. The molecule has 1 aromatic rings. The molecule has 3 heteroatoms. The van der Waals surface area contributed by atoms with E-state index in [1.54, 1.807) is 7.11 Å². The zero-order valence-electron chi connectivity index (χ0n) is 12.9. The molecule has 2 aliphatic rings. The van der Waals surface area contributed by atoms with Gasteiger partial charge >= 0.3 is 0 Å². The summed E-state index contributed by atoms with van der Waals surface area (Å²) in [6, 6.07) is 6.44. The molecule has 1 fully saturated rings. The van der Waals surface area contributed by atoms with Crippen molar-refractivity contribution in [1.29, 1.82) is 0 Å². The van der Waals surface area contributed by atoms with E-state index in [4.69, 9.17) is 4.74 Å². The van der Waals surface area contributed by atoms with E-state index >= 15 is 0 Å². The van der Waals surface area contributed by atoms with Gasteiger partial charge in [-0.05, 0) is 73.6 Å². The number of methoxy groups -OCH3 is 1. The summed E-state index contributed by atoms with van der Waals surface area (Å²) in [5.41, 5.74) is 2.88.